The van der Waals surface area contributed by atoms with E-state index in [2.05, 4.69) is 0 Å². The van der Waals surface area contributed by atoms with E-state index in [9.17, 15) is 9.18 Å². The Bertz CT molecular complexity index is 425. The fourth-order valence-electron chi connectivity index (χ4n) is 2.06. The predicted octanol–water partition coefficient (Wildman–Crippen LogP) is 1.30. The molecule has 0 saturated carbocycles. The third kappa shape index (κ3) is 2.68. The van der Waals surface area contributed by atoms with Crippen LogP contribution in [-0.2, 0) is 9.53 Å². The van der Waals surface area contributed by atoms with Crippen molar-refractivity contribution in [1.29, 1.82) is 0 Å². The maximum Gasteiger partial charge on any atom is 0.256 e. The van der Waals surface area contributed by atoms with Crippen LogP contribution < -0.4 is 10.6 Å². The number of morpholine rings is 1. The van der Waals surface area contributed by atoms with Crippen LogP contribution in [0.1, 0.15) is 12.8 Å². The van der Waals surface area contributed by atoms with E-state index < -0.39 is 6.10 Å². The lowest BCUT2D eigenvalue weighted by molar-refractivity contribution is -0.134. The molecule has 2 rings (SSSR count). The molecule has 1 atom stereocenters. The molecule has 1 saturated heterocycles. The first-order valence-electron chi connectivity index (χ1n) is 6.11. The van der Waals surface area contributed by atoms with Crippen molar-refractivity contribution >= 4 is 11.6 Å². The molecule has 0 bridgehead atoms. The highest BCUT2D eigenvalue weighted by molar-refractivity contribution is 5.97. The Labute approximate surface area is 106 Å². The number of nitrogens with zero attached hydrogens (tertiary/aromatic N) is 1. The smallest absolute Gasteiger partial charge is 0.256 e. The number of nitrogens with two attached hydrogens (primary N) is 1. The molecule has 0 aliphatic carbocycles. The minimum Gasteiger partial charge on any atom is -0.367 e. The van der Waals surface area contributed by atoms with Crippen molar-refractivity contribution in [2.45, 2.75) is 18.9 Å². The summed E-state index contributed by atoms with van der Waals surface area (Å²) in [6, 6.07) is 6.29. The molecule has 1 aromatic rings. The van der Waals surface area contributed by atoms with Gasteiger partial charge in [0.15, 0.2) is 0 Å². The van der Waals surface area contributed by atoms with Gasteiger partial charge < -0.3 is 15.4 Å². The molecule has 1 aliphatic rings. The molecule has 1 unspecified atom stereocenters. The molecular weight excluding hydrogens is 235 g/mol. The van der Waals surface area contributed by atoms with E-state index in [4.69, 9.17) is 10.5 Å². The summed E-state index contributed by atoms with van der Waals surface area (Å²) in [6.07, 6.45) is 0.809. The van der Waals surface area contributed by atoms with Gasteiger partial charge in [0.1, 0.15) is 11.9 Å². The quantitative estimate of drug-likeness (QED) is 0.878. The van der Waals surface area contributed by atoms with Gasteiger partial charge in [-0.05, 0) is 31.5 Å². The van der Waals surface area contributed by atoms with Crippen molar-refractivity contribution in [3.63, 3.8) is 0 Å². The monoisotopic (exact) mass is 252 g/mol. The molecule has 98 valence electrons. The highest BCUT2D eigenvalue weighted by atomic mass is 19.1. The molecule has 18 heavy (non-hydrogen) atoms. The van der Waals surface area contributed by atoms with Crippen molar-refractivity contribution in [1.82, 2.24) is 0 Å². The van der Waals surface area contributed by atoms with E-state index in [0.29, 0.717) is 31.8 Å². The van der Waals surface area contributed by atoms with Crippen LogP contribution in [-0.4, -0.2) is 31.7 Å². The second kappa shape index (κ2) is 5.93. The summed E-state index contributed by atoms with van der Waals surface area (Å²) in [5, 5.41) is 0. The Morgan fingerprint density at radius 3 is 2.94 bits per heavy atom. The standard InChI is InChI=1S/C13H17FN2O2/c14-10-4-1-2-5-11(10)16-8-9-18-12(13(16)17)6-3-7-15/h1-2,4-5,12H,3,6-9,15H2. The lowest BCUT2D eigenvalue weighted by Crippen LogP contribution is -2.48. The molecule has 0 aromatic heterocycles. The van der Waals surface area contributed by atoms with Crippen LogP contribution in [0.4, 0.5) is 10.1 Å². The van der Waals surface area contributed by atoms with Crippen molar-refractivity contribution < 1.29 is 13.9 Å². The molecule has 0 spiro atoms. The van der Waals surface area contributed by atoms with Crippen LogP contribution >= 0.6 is 0 Å². The zero-order chi connectivity index (χ0) is 13.0. The lowest BCUT2D eigenvalue weighted by Gasteiger charge is -2.32. The summed E-state index contributed by atoms with van der Waals surface area (Å²) in [6.45, 7) is 1.33. The number of carbonyl (C=O) groups excluding carboxylic acids is 1. The van der Waals surface area contributed by atoms with Gasteiger partial charge in [-0.1, -0.05) is 12.1 Å². The van der Waals surface area contributed by atoms with E-state index in [1.807, 2.05) is 0 Å². The molecule has 2 N–H and O–H groups in total. The van der Waals surface area contributed by atoms with Crippen LogP contribution in [0.25, 0.3) is 0 Å². The van der Waals surface area contributed by atoms with Gasteiger partial charge in [0.25, 0.3) is 5.91 Å². The zero-order valence-corrected chi connectivity index (χ0v) is 10.1. The minimum absolute atomic E-state index is 0.181. The first-order valence-corrected chi connectivity index (χ1v) is 6.11. The summed E-state index contributed by atoms with van der Waals surface area (Å²) >= 11 is 0. The van der Waals surface area contributed by atoms with E-state index in [1.165, 1.54) is 11.0 Å². The Balaban J connectivity index is 2.14. The Kier molecular flexibility index (Phi) is 4.28. The highest BCUT2D eigenvalue weighted by Crippen LogP contribution is 2.23. The van der Waals surface area contributed by atoms with Gasteiger partial charge in [0, 0.05) is 6.54 Å². The predicted molar refractivity (Wildman–Crippen MR) is 66.8 cm³/mol. The topological polar surface area (TPSA) is 55.6 Å². The first-order chi connectivity index (χ1) is 8.74. The summed E-state index contributed by atoms with van der Waals surface area (Å²) < 4.78 is 19.1. The third-order valence-electron chi connectivity index (χ3n) is 2.99. The Morgan fingerprint density at radius 1 is 1.44 bits per heavy atom. The van der Waals surface area contributed by atoms with E-state index in [1.54, 1.807) is 18.2 Å². The van der Waals surface area contributed by atoms with Gasteiger partial charge in [-0.2, -0.15) is 0 Å². The molecule has 4 nitrogen and oxygen atoms in total. The van der Waals surface area contributed by atoms with Gasteiger partial charge in [-0.15, -0.1) is 0 Å². The van der Waals surface area contributed by atoms with Gasteiger partial charge in [0.2, 0.25) is 0 Å². The van der Waals surface area contributed by atoms with Crippen LogP contribution in [0.3, 0.4) is 0 Å². The van der Waals surface area contributed by atoms with Crippen molar-refractivity contribution in [3.8, 4) is 0 Å². The van der Waals surface area contributed by atoms with E-state index in [0.717, 1.165) is 6.42 Å². The van der Waals surface area contributed by atoms with Crippen LogP contribution in [0.2, 0.25) is 0 Å². The number of hydrogen-bond acceptors (Lipinski definition) is 3. The maximum absolute atomic E-state index is 13.7. The average molecular weight is 252 g/mol. The number of halogens is 1. The lowest BCUT2D eigenvalue weighted by atomic mass is 10.1. The second-order valence-corrected chi connectivity index (χ2v) is 4.23. The maximum atomic E-state index is 13.7. The number of rotatable bonds is 4. The number of amides is 1. The van der Waals surface area contributed by atoms with Crippen molar-refractivity contribution in [2.75, 3.05) is 24.6 Å². The SMILES string of the molecule is NCCCC1OCCN(c2ccccc2F)C1=O. The summed E-state index contributed by atoms with van der Waals surface area (Å²) in [5.74, 6) is -0.565. The van der Waals surface area contributed by atoms with Gasteiger partial charge in [-0.25, -0.2) is 4.39 Å². The van der Waals surface area contributed by atoms with Gasteiger partial charge in [0.05, 0.1) is 12.3 Å². The number of hydrogen-bond donors (Lipinski definition) is 1. The summed E-state index contributed by atoms with van der Waals surface area (Å²) in [5.41, 5.74) is 5.74. The zero-order valence-electron chi connectivity index (χ0n) is 10.1. The fraction of sp³-hybridized carbons (Fsp3) is 0.462. The van der Waals surface area contributed by atoms with Gasteiger partial charge in [-0.3, -0.25) is 4.79 Å². The Hall–Kier alpha value is -1.46. The van der Waals surface area contributed by atoms with Crippen LogP contribution in [0.15, 0.2) is 24.3 Å². The number of anilines is 1. The molecule has 0 radical (unpaired) electrons. The minimum atomic E-state index is -0.498. The number of para-hydroxylation sites is 1. The van der Waals surface area contributed by atoms with Crippen molar-refractivity contribution in [2.24, 2.45) is 5.73 Å². The number of carbonyl (C=O) groups is 1. The van der Waals surface area contributed by atoms with E-state index >= 15 is 0 Å². The summed E-state index contributed by atoms with van der Waals surface area (Å²) in [7, 11) is 0. The summed E-state index contributed by atoms with van der Waals surface area (Å²) in [4.78, 5) is 13.6. The van der Waals surface area contributed by atoms with Crippen molar-refractivity contribution in [3.05, 3.63) is 30.1 Å². The second-order valence-electron chi connectivity index (χ2n) is 4.23. The number of ether oxygens (including phenoxy) is 1. The molecule has 1 fully saturated rings. The van der Waals surface area contributed by atoms with E-state index in [-0.39, 0.29) is 11.7 Å². The van der Waals surface area contributed by atoms with Crippen LogP contribution in [0, 0.1) is 5.82 Å². The third-order valence-corrected chi connectivity index (χ3v) is 2.99. The molecular formula is C13H17FN2O2. The number of benzene rings is 1. The first kappa shape index (κ1) is 13.0. The fourth-order valence-corrected chi connectivity index (χ4v) is 2.06. The highest BCUT2D eigenvalue weighted by Gasteiger charge is 2.31. The molecule has 1 aliphatic heterocycles. The molecule has 5 heteroatoms. The Morgan fingerprint density at radius 2 is 2.22 bits per heavy atom. The van der Waals surface area contributed by atoms with Crippen LogP contribution in [0.5, 0.6) is 0 Å². The normalized spacial score (nSPS) is 20.2. The average Bonchev–Trinajstić information content (AvgIpc) is 2.39. The van der Waals surface area contributed by atoms with Gasteiger partial charge >= 0.3 is 0 Å². The molecule has 1 heterocycles. The molecule has 1 aromatic carbocycles. The largest absolute Gasteiger partial charge is 0.367 e. The molecule has 1 amide bonds.